The van der Waals surface area contributed by atoms with Crippen LogP contribution in [0.3, 0.4) is 0 Å². The van der Waals surface area contributed by atoms with Crippen molar-refractivity contribution in [1.29, 1.82) is 0 Å². The minimum Gasteiger partial charge on any atom is -0.492 e. The zero-order chi connectivity index (χ0) is 13.1. The Hall–Kier alpha value is -1.62. The number of para-hydroxylation sites is 1. The molecule has 1 aromatic carbocycles. The molecule has 0 fully saturated rings. The molecule has 96 valence electrons. The molecule has 1 aromatic rings. The molecule has 0 aliphatic carbocycles. The van der Waals surface area contributed by atoms with Gasteiger partial charge in [0.1, 0.15) is 18.3 Å². The van der Waals surface area contributed by atoms with E-state index < -0.39 is 0 Å². The first-order valence-corrected chi connectivity index (χ1v) is 6.35. The second-order valence-corrected chi connectivity index (χ2v) is 4.74. The van der Waals surface area contributed by atoms with Crippen molar-refractivity contribution in [2.24, 2.45) is 5.73 Å². The highest BCUT2D eigenvalue weighted by Crippen LogP contribution is 2.33. The van der Waals surface area contributed by atoms with Crippen LogP contribution in [0.2, 0.25) is 0 Å². The monoisotopic (exact) mass is 264 g/mol. The number of ether oxygens (including phenoxy) is 1. The van der Waals surface area contributed by atoms with Crippen LogP contribution in [-0.4, -0.2) is 23.5 Å². The van der Waals surface area contributed by atoms with E-state index >= 15 is 0 Å². The van der Waals surface area contributed by atoms with Crippen LogP contribution in [-0.2, 0) is 4.79 Å². The van der Waals surface area contributed by atoms with Crippen LogP contribution in [0.4, 0.5) is 0 Å². The highest BCUT2D eigenvalue weighted by molar-refractivity contribution is 7.80. The van der Waals surface area contributed by atoms with Gasteiger partial charge in [0, 0.05) is 5.56 Å². The first-order chi connectivity index (χ1) is 8.63. The highest BCUT2D eigenvalue weighted by atomic mass is 32.1. The summed E-state index contributed by atoms with van der Waals surface area (Å²) in [6.07, 6.45) is 0.691. The van der Waals surface area contributed by atoms with Gasteiger partial charge in [0.2, 0.25) is 5.91 Å². The molecular weight excluding hydrogens is 248 g/mol. The molecule has 2 unspecified atom stereocenters. The summed E-state index contributed by atoms with van der Waals surface area (Å²) in [7, 11) is 0. The average Bonchev–Trinajstić information content (AvgIpc) is 2.79. The summed E-state index contributed by atoms with van der Waals surface area (Å²) >= 11 is 4.92. The molecule has 1 heterocycles. The van der Waals surface area contributed by atoms with Crippen molar-refractivity contribution in [1.82, 2.24) is 5.32 Å². The van der Waals surface area contributed by atoms with Crippen molar-refractivity contribution >= 4 is 23.1 Å². The lowest BCUT2D eigenvalue weighted by Gasteiger charge is -2.17. The van der Waals surface area contributed by atoms with Crippen molar-refractivity contribution in [2.75, 3.05) is 6.61 Å². The lowest BCUT2D eigenvalue weighted by atomic mass is 10.00. The first-order valence-electron chi connectivity index (χ1n) is 5.95. The Kier molecular flexibility index (Phi) is 3.81. The third-order valence-corrected chi connectivity index (χ3v) is 3.37. The molecule has 4 nitrogen and oxygen atoms in total. The molecule has 0 saturated heterocycles. The molecule has 1 amide bonds. The van der Waals surface area contributed by atoms with E-state index in [1.165, 1.54) is 0 Å². The molecule has 5 heteroatoms. The van der Waals surface area contributed by atoms with Crippen molar-refractivity contribution < 1.29 is 9.53 Å². The Bertz CT molecular complexity index is 476. The molecule has 3 N–H and O–H groups in total. The maximum Gasteiger partial charge on any atom is 0.231 e. The predicted octanol–water partition coefficient (Wildman–Crippen LogP) is 1.34. The third-order valence-electron chi connectivity index (χ3n) is 3.08. The van der Waals surface area contributed by atoms with Crippen LogP contribution < -0.4 is 15.8 Å². The Morgan fingerprint density at radius 2 is 2.33 bits per heavy atom. The van der Waals surface area contributed by atoms with Crippen molar-refractivity contribution in [3.8, 4) is 5.75 Å². The van der Waals surface area contributed by atoms with Gasteiger partial charge in [0.25, 0.3) is 0 Å². The van der Waals surface area contributed by atoms with Crippen LogP contribution in [0.25, 0.3) is 0 Å². The third kappa shape index (κ3) is 2.46. The van der Waals surface area contributed by atoms with Gasteiger partial charge < -0.3 is 15.8 Å². The number of thiocarbonyl (C=S) groups is 1. The quantitative estimate of drug-likeness (QED) is 0.806. The van der Waals surface area contributed by atoms with Crippen molar-refractivity contribution in [2.45, 2.75) is 25.3 Å². The minimum atomic E-state index is -0.274. The number of hydrogen-bond acceptors (Lipinski definition) is 3. The van der Waals surface area contributed by atoms with Crippen LogP contribution in [0.15, 0.2) is 24.3 Å². The number of nitrogens with two attached hydrogens (primary N) is 1. The zero-order valence-electron chi connectivity index (χ0n) is 10.2. The van der Waals surface area contributed by atoms with Crippen LogP contribution >= 0.6 is 12.2 Å². The molecule has 0 aromatic heterocycles. The van der Waals surface area contributed by atoms with E-state index in [0.29, 0.717) is 18.0 Å². The van der Waals surface area contributed by atoms with Gasteiger partial charge in [-0.2, -0.15) is 0 Å². The van der Waals surface area contributed by atoms with E-state index in [1.807, 2.05) is 31.2 Å². The van der Waals surface area contributed by atoms with E-state index in [0.717, 1.165) is 11.3 Å². The second kappa shape index (κ2) is 5.35. The summed E-state index contributed by atoms with van der Waals surface area (Å²) in [5.41, 5.74) is 6.50. The normalized spacial score (nSPS) is 18.6. The van der Waals surface area contributed by atoms with Gasteiger partial charge >= 0.3 is 0 Å². The fourth-order valence-electron chi connectivity index (χ4n) is 2.03. The van der Waals surface area contributed by atoms with E-state index in [4.69, 9.17) is 22.7 Å². The lowest BCUT2D eigenvalue weighted by molar-refractivity contribution is -0.123. The van der Waals surface area contributed by atoms with Gasteiger partial charge in [-0.25, -0.2) is 0 Å². The number of carbonyl (C=O) groups is 1. The van der Waals surface area contributed by atoms with Gasteiger partial charge in [-0.1, -0.05) is 37.3 Å². The topological polar surface area (TPSA) is 64.3 Å². The minimum absolute atomic E-state index is 0.0837. The fraction of sp³-hybridized carbons (Fsp3) is 0.385. The van der Waals surface area contributed by atoms with E-state index in [1.54, 1.807) is 0 Å². The maximum atomic E-state index is 12.2. The molecule has 1 aliphatic heterocycles. The summed E-state index contributed by atoms with van der Waals surface area (Å²) in [5, 5.41) is 2.86. The zero-order valence-corrected chi connectivity index (χ0v) is 11.0. The number of carbonyl (C=O) groups excluding carboxylic acids is 1. The standard InChI is InChI=1S/C13H16N2O2S/c1-2-10(12(14)18)15-13(16)9-7-17-11-6-4-3-5-8(9)11/h3-6,9-10H,2,7H2,1H3,(H2,14,18)(H,15,16). The Labute approximate surface area is 112 Å². The van der Waals surface area contributed by atoms with Gasteiger partial charge in [-0.3, -0.25) is 4.79 Å². The van der Waals surface area contributed by atoms with Gasteiger partial charge in [0.15, 0.2) is 0 Å². The summed E-state index contributed by atoms with van der Waals surface area (Å²) in [6.45, 7) is 2.31. The number of rotatable bonds is 4. The fourth-order valence-corrected chi connectivity index (χ4v) is 2.25. The van der Waals surface area contributed by atoms with Gasteiger partial charge in [0.05, 0.1) is 11.0 Å². The van der Waals surface area contributed by atoms with Gasteiger partial charge in [-0.15, -0.1) is 0 Å². The number of nitrogens with one attached hydrogen (secondary N) is 1. The molecule has 0 spiro atoms. The van der Waals surface area contributed by atoms with Gasteiger partial charge in [-0.05, 0) is 12.5 Å². The van der Waals surface area contributed by atoms with Crippen LogP contribution in [0.1, 0.15) is 24.8 Å². The molecule has 1 aliphatic rings. The Morgan fingerprint density at radius 3 is 3.00 bits per heavy atom. The summed E-state index contributed by atoms with van der Waals surface area (Å²) in [4.78, 5) is 12.5. The Morgan fingerprint density at radius 1 is 1.61 bits per heavy atom. The van der Waals surface area contributed by atoms with Crippen LogP contribution in [0.5, 0.6) is 5.75 Å². The van der Waals surface area contributed by atoms with Crippen LogP contribution in [0, 0.1) is 0 Å². The first kappa shape index (κ1) is 12.8. The summed E-state index contributed by atoms with van der Waals surface area (Å²) < 4.78 is 5.48. The highest BCUT2D eigenvalue weighted by Gasteiger charge is 2.31. The van der Waals surface area contributed by atoms with Crippen molar-refractivity contribution in [3.05, 3.63) is 29.8 Å². The smallest absolute Gasteiger partial charge is 0.231 e. The molecule has 0 radical (unpaired) electrons. The van der Waals surface area contributed by atoms with E-state index in [2.05, 4.69) is 5.32 Å². The summed E-state index contributed by atoms with van der Waals surface area (Å²) in [5.74, 6) is 0.422. The SMILES string of the molecule is CCC(NC(=O)C1COc2ccccc21)C(N)=S. The average molecular weight is 264 g/mol. The maximum absolute atomic E-state index is 12.2. The second-order valence-electron chi connectivity index (χ2n) is 4.27. The molecule has 0 saturated carbocycles. The predicted molar refractivity (Wildman–Crippen MR) is 73.7 cm³/mol. The largest absolute Gasteiger partial charge is 0.492 e. The summed E-state index contributed by atoms with van der Waals surface area (Å²) in [6, 6.07) is 7.32. The number of fused-ring (bicyclic) bond motifs is 1. The van der Waals surface area contributed by atoms with E-state index in [-0.39, 0.29) is 17.9 Å². The number of hydrogen-bond donors (Lipinski definition) is 2. The Balaban J connectivity index is 2.10. The van der Waals surface area contributed by atoms with Crippen molar-refractivity contribution in [3.63, 3.8) is 0 Å². The lowest BCUT2D eigenvalue weighted by Crippen LogP contribution is -2.45. The number of benzene rings is 1. The number of amides is 1. The van der Waals surface area contributed by atoms with E-state index in [9.17, 15) is 4.79 Å². The molecule has 2 rings (SSSR count). The molecule has 0 bridgehead atoms. The molecular formula is C13H16N2O2S. The molecule has 18 heavy (non-hydrogen) atoms. The molecule has 2 atom stereocenters.